The van der Waals surface area contributed by atoms with Crippen LogP contribution in [0.25, 0.3) is 0 Å². The first-order chi connectivity index (χ1) is 6.74. The minimum atomic E-state index is 0.183. The molecule has 4 nitrogen and oxygen atoms in total. The Hall–Kier alpha value is -0.900. The monoisotopic (exact) mass is 194 g/mol. The maximum absolute atomic E-state index is 5.95. The first-order valence-electron chi connectivity index (χ1n) is 5.41. The van der Waals surface area contributed by atoms with E-state index in [9.17, 15) is 0 Å². The van der Waals surface area contributed by atoms with Gasteiger partial charge >= 0.3 is 0 Å². The number of aryl methyl sites for hydroxylation is 1. The molecule has 78 valence electrons. The highest BCUT2D eigenvalue weighted by atomic mass is 15.3. The summed E-state index contributed by atoms with van der Waals surface area (Å²) in [6.45, 7) is 5.24. The van der Waals surface area contributed by atoms with Gasteiger partial charge in [0.25, 0.3) is 0 Å². The molecule has 14 heavy (non-hydrogen) atoms. The minimum absolute atomic E-state index is 0.183. The third kappa shape index (κ3) is 1.43. The van der Waals surface area contributed by atoms with Crippen molar-refractivity contribution < 1.29 is 0 Å². The van der Waals surface area contributed by atoms with Gasteiger partial charge in [-0.3, -0.25) is 0 Å². The van der Waals surface area contributed by atoms with Gasteiger partial charge in [0.1, 0.15) is 11.6 Å². The van der Waals surface area contributed by atoms with Crippen molar-refractivity contribution in [3.05, 3.63) is 11.6 Å². The molecule has 0 fully saturated rings. The molecule has 0 saturated heterocycles. The average Bonchev–Trinajstić information content (AvgIpc) is 2.59. The van der Waals surface area contributed by atoms with Gasteiger partial charge in [0.2, 0.25) is 0 Å². The van der Waals surface area contributed by atoms with Gasteiger partial charge < -0.3 is 10.3 Å². The summed E-state index contributed by atoms with van der Waals surface area (Å²) in [6, 6.07) is 0.183. The van der Waals surface area contributed by atoms with Crippen molar-refractivity contribution in [2.75, 3.05) is 0 Å². The van der Waals surface area contributed by atoms with Gasteiger partial charge in [-0.05, 0) is 19.8 Å². The van der Waals surface area contributed by atoms with Gasteiger partial charge in [-0.2, -0.15) is 0 Å². The lowest BCUT2D eigenvalue weighted by molar-refractivity contribution is 0.398. The SMILES string of the molecule is CCc1nnc2n1CCCC2C(C)N. The summed E-state index contributed by atoms with van der Waals surface area (Å²) in [7, 11) is 0. The lowest BCUT2D eigenvalue weighted by Gasteiger charge is -2.26. The predicted octanol–water partition coefficient (Wildman–Crippen LogP) is 1.07. The Balaban J connectivity index is 2.36. The molecule has 1 aromatic heterocycles. The molecule has 0 aromatic carbocycles. The van der Waals surface area contributed by atoms with E-state index in [-0.39, 0.29) is 6.04 Å². The van der Waals surface area contributed by atoms with E-state index in [1.807, 2.05) is 0 Å². The van der Waals surface area contributed by atoms with E-state index in [4.69, 9.17) is 5.73 Å². The quantitative estimate of drug-likeness (QED) is 0.766. The molecule has 2 heterocycles. The summed E-state index contributed by atoms with van der Waals surface area (Å²) in [4.78, 5) is 0. The number of hydrogen-bond donors (Lipinski definition) is 1. The van der Waals surface area contributed by atoms with E-state index in [0.29, 0.717) is 5.92 Å². The summed E-state index contributed by atoms with van der Waals surface area (Å²) in [5.41, 5.74) is 5.95. The maximum Gasteiger partial charge on any atom is 0.137 e. The molecule has 0 amide bonds. The Bertz CT molecular complexity index is 316. The van der Waals surface area contributed by atoms with E-state index in [1.54, 1.807) is 0 Å². The zero-order valence-electron chi connectivity index (χ0n) is 8.90. The van der Waals surface area contributed by atoms with Crippen LogP contribution in [0.2, 0.25) is 0 Å². The Kier molecular flexibility index (Phi) is 2.54. The molecule has 1 aliphatic rings. The van der Waals surface area contributed by atoms with Crippen LogP contribution in [0.4, 0.5) is 0 Å². The van der Waals surface area contributed by atoms with E-state index in [0.717, 1.165) is 31.0 Å². The highest BCUT2D eigenvalue weighted by Gasteiger charge is 2.26. The number of fused-ring (bicyclic) bond motifs is 1. The first kappa shape index (κ1) is 9.65. The molecule has 0 radical (unpaired) electrons. The van der Waals surface area contributed by atoms with Gasteiger partial charge in [0.15, 0.2) is 0 Å². The van der Waals surface area contributed by atoms with Crippen LogP contribution in [0.3, 0.4) is 0 Å². The molecule has 2 atom stereocenters. The van der Waals surface area contributed by atoms with Gasteiger partial charge in [0.05, 0.1) is 0 Å². The van der Waals surface area contributed by atoms with Crippen LogP contribution < -0.4 is 5.73 Å². The van der Waals surface area contributed by atoms with Crippen molar-refractivity contribution in [2.24, 2.45) is 5.73 Å². The highest BCUT2D eigenvalue weighted by Crippen LogP contribution is 2.28. The van der Waals surface area contributed by atoms with Crippen molar-refractivity contribution in [2.45, 2.75) is 51.6 Å². The molecule has 1 aromatic rings. The summed E-state index contributed by atoms with van der Waals surface area (Å²) < 4.78 is 2.25. The fourth-order valence-corrected chi connectivity index (χ4v) is 2.23. The number of rotatable bonds is 2. The van der Waals surface area contributed by atoms with Gasteiger partial charge in [0, 0.05) is 24.9 Å². The standard InChI is InChI=1S/C10H18N4/c1-3-9-12-13-10-8(7(2)11)5-4-6-14(9)10/h7-8H,3-6,11H2,1-2H3. The lowest BCUT2D eigenvalue weighted by atomic mass is 9.92. The molecule has 2 N–H and O–H groups in total. The summed E-state index contributed by atoms with van der Waals surface area (Å²) in [6.07, 6.45) is 3.31. The van der Waals surface area contributed by atoms with Crippen LogP contribution in [0, 0.1) is 0 Å². The Morgan fingerprint density at radius 3 is 3.00 bits per heavy atom. The molecule has 0 spiro atoms. The van der Waals surface area contributed by atoms with Crippen molar-refractivity contribution in [1.29, 1.82) is 0 Å². The average molecular weight is 194 g/mol. The largest absolute Gasteiger partial charge is 0.327 e. The van der Waals surface area contributed by atoms with Crippen LogP contribution in [0.1, 0.15) is 44.3 Å². The van der Waals surface area contributed by atoms with Crippen molar-refractivity contribution >= 4 is 0 Å². The summed E-state index contributed by atoms with van der Waals surface area (Å²) >= 11 is 0. The van der Waals surface area contributed by atoms with Crippen LogP contribution in [-0.2, 0) is 13.0 Å². The second-order valence-electron chi connectivity index (χ2n) is 4.09. The van der Waals surface area contributed by atoms with E-state index in [1.165, 1.54) is 6.42 Å². The lowest BCUT2D eigenvalue weighted by Crippen LogP contribution is -2.30. The van der Waals surface area contributed by atoms with Crippen molar-refractivity contribution in [3.8, 4) is 0 Å². The first-order valence-corrected chi connectivity index (χ1v) is 5.41. The maximum atomic E-state index is 5.95. The Labute approximate surface area is 84.5 Å². The smallest absolute Gasteiger partial charge is 0.137 e. The van der Waals surface area contributed by atoms with Crippen LogP contribution in [0.5, 0.6) is 0 Å². The molecule has 2 unspecified atom stereocenters. The molecule has 0 aliphatic carbocycles. The summed E-state index contributed by atoms with van der Waals surface area (Å²) in [5, 5.41) is 8.47. The van der Waals surface area contributed by atoms with Crippen molar-refractivity contribution in [1.82, 2.24) is 14.8 Å². The fourth-order valence-electron chi connectivity index (χ4n) is 2.23. The molecule has 1 aliphatic heterocycles. The molecule has 4 heteroatoms. The fraction of sp³-hybridized carbons (Fsp3) is 0.800. The summed E-state index contributed by atoms with van der Waals surface area (Å²) in [5.74, 6) is 2.60. The number of nitrogens with zero attached hydrogens (tertiary/aromatic N) is 3. The second-order valence-corrected chi connectivity index (χ2v) is 4.09. The van der Waals surface area contributed by atoms with Gasteiger partial charge in [-0.25, -0.2) is 0 Å². The molecule has 0 saturated carbocycles. The third-order valence-electron chi connectivity index (χ3n) is 3.04. The Morgan fingerprint density at radius 1 is 1.57 bits per heavy atom. The molecule has 0 bridgehead atoms. The zero-order valence-corrected chi connectivity index (χ0v) is 8.90. The predicted molar refractivity (Wildman–Crippen MR) is 55.0 cm³/mol. The van der Waals surface area contributed by atoms with E-state index in [2.05, 4.69) is 28.6 Å². The highest BCUT2D eigenvalue weighted by molar-refractivity contribution is 5.07. The number of hydrogen-bond acceptors (Lipinski definition) is 3. The zero-order chi connectivity index (χ0) is 10.1. The molecular weight excluding hydrogens is 176 g/mol. The molecular formula is C10H18N4. The number of aromatic nitrogens is 3. The van der Waals surface area contributed by atoms with Crippen LogP contribution in [0.15, 0.2) is 0 Å². The van der Waals surface area contributed by atoms with Gasteiger partial charge in [-0.15, -0.1) is 10.2 Å². The second kappa shape index (κ2) is 3.69. The topological polar surface area (TPSA) is 56.7 Å². The Morgan fingerprint density at radius 2 is 2.36 bits per heavy atom. The molecule has 2 rings (SSSR count). The van der Waals surface area contributed by atoms with Gasteiger partial charge in [-0.1, -0.05) is 6.92 Å². The van der Waals surface area contributed by atoms with E-state index >= 15 is 0 Å². The van der Waals surface area contributed by atoms with Crippen LogP contribution >= 0.6 is 0 Å². The normalized spacial score (nSPS) is 23.2. The van der Waals surface area contributed by atoms with Crippen LogP contribution in [-0.4, -0.2) is 20.8 Å². The van der Waals surface area contributed by atoms with E-state index < -0.39 is 0 Å². The third-order valence-corrected chi connectivity index (χ3v) is 3.04. The minimum Gasteiger partial charge on any atom is -0.327 e. The van der Waals surface area contributed by atoms with Crippen molar-refractivity contribution in [3.63, 3.8) is 0 Å². The number of nitrogens with two attached hydrogens (primary N) is 1.